The van der Waals surface area contributed by atoms with Gasteiger partial charge in [0.2, 0.25) is 12.3 Å². The molecule has 0 bridgehead atoms. The topological polar surface area (TPSA) is 130 Å². The number of amides is 3. The van der Waals surface area contributed by atoms with Crippen LogP contribution in [0.2, 0.25) is 0 Å². The Labute approximate surface area is 199 Å². The molecule has 0 fully saturated rings. The van der Waals surface area contributed by atoms with E-state index in [0.29, 0.717) is 34.3 Å². The second kappa shape index (κ2) is 13.9. The summed E-state index contributed by atoms with van der Waals surface area (Å²) in [7, 11) is 3.08. The number of methoxy groups -OCH3 is 2. The molecule has 34 heavy (non-hydrogen) atoms. The lowest BCUT2D eigenvalue weighted by atomic mass is 9.99. The van der Waals surface area contributed by atoms with Crippen LogP contribution in [0.4, 0.5) is 0 Å². The molecule has 10 heteroatoms. The first-order valence-corrected chi connectivity index (χ1v) is 11.2. The van der Waals surface area contributed by atoms with Gasteiger partial charge >= 0.3 is 0 Å². The lowest BCUT2D eigenvalue weighted by Gasteiger charge is -2.19. The normalized spacial score (nSPS) is 11.4. The summed E-state index contributed by atoms with van der Waals surface area (Å²) in [5.41, 5.74) is 0.629. The number of nitrogens with one attached hydrogen (secondary N) is 2. The number of unbranched alkanes of at least 4 members (excludes halogenated alkanes) is 3. The highest BCUT2D eigenvalue weighted by Crippen LogP contribution is 2.34. The van der Waals surface area contributed by atoms with Gasteiger partial charge in [0.1, 0.15) is 17.3 Å². The maximum Gasteiger partial charge on any atom is 0.288 e. The van der Waals surface area contributed by atoms with Crippen LogP contribution in [-0.2, 0) is 9.59 Å². The Balaban J connectivity index is 1.94. The molecule has 0 spiro atoms. The average molecular weight is 476 g/mol. The summed E-state index contributed by atoms with van der Waals surface area (Å²) >= 11 is 0. The molecule has 0 aliphatic heterocycles. The van der Waals surface area contributed by atoms with Crippen molar-refractivity contribution in [3.63, 3.8) is 0 Å². The molecule has 0 saturated heterocycles. The minimum Gasteiger partial charge on any atom is -0.497 e. The van der Waals surface area contributed by atoms with E-state index in [1.165, 1.54) is 13.2 Å². The Morgan fingerprint density at radius 3 is 2.59 bits per heavy atom. The van der Waals surface area contributed by atoms with E-state index in [1.807, 2.05) is 0 Å². The van der Waals surface area contributed by atoms with Crippen LogP contribution in [0.15, 0.2) is 34.7 Å². The molecule has 10 nitrogen and oxygen atoms in total. The van der Waals surface area contributed by atoms with E-state index >= 15 is 0 Å². The SMILES string of the molecule is CCCCCC[C@H](CN(O)C=O)C(=O)NCNC(=O)c1ccc(-c2cc(OC)ccc2OC)o1. The number of benzene rings is 1. The zero-order valence-corrected chi connectivity index (χ0v) is 19.8. The Kier molecular flexibility index (Phi) is 10.9. The number of hydrogen-bond donors (Lipinski definition) is 3. The molecule has 0 radical (unpaired) electrons. The summed E-state index contributed by atoms with van der Waals surface area (Å²) in [6.07, 6.45) is 4.65. The zero-order chi connectivity index (χ0) is 24.9. The number of furan rings is 1. The van der Waals surface area contributed by atoms with Crippen LogP contribution >= 0.6 is 0 Å². The summed E-state index contributed by atoms with van der Waals surface area (Å²) in [6, 6.07) is 8.40. The maximum absolute atomic E-state index is 12.5. The second-order valence-corrected chi connectivity index (χ2v) is 7.73. The van der Waals surface area contributed by atoms with Crippen LogP contribution in [0.5, 0.6) is 11.5 Å². The van der Waals surface area contributed by atoms with Crippen molar-refractivity contribution in [2.75, 3.05) is 27.4 Å². The minimum absolute atomic E-state index is 0.0627. The molecule has 2 rings (SSSR count). The number of carbonyl (C=O) groups excluding carboxylic acids is 3. The largest absolute Gasteiger partial charge is 0.497 e. The lowest BCUT2D eigenvalue weighted by molar-refractivity contribution is -0.154. The van der Waals surface area contributed by atoms with Gasteiger partial charge in [-0.05, 0) is 36.8 Å². The van der Waals surface area contributed by atoms with E-state index in [-0.39, 0.29) is 31.3 Å². The Morgan fingerprint density at radius 1 is 1.12 bits per heavy atom. The third kappa shape index (κ3) is 7.80. The Morgan fingerprint density at radius 2 is 1.91 bits per heavy atom. The number of carbonyl (C=O) groups is 3. The molecule has 186 valence electrons. The molecule has 1 aromatic heterocycles. The van der Waals surface area contributed by atoms with Gasteiger partial charge in [-0.2, -0.15) is 0 Å². The molecule has 0 aliphatic carbocycles. The van der Waals surface area contributed by atoms with Gasteiger partial charge in [0.25, 0.3) is 5.91 Å². The summed E-state index contributed by atoms with van der Waals surface area (Å²) in [6.45, 7) is 1.84. The van der Waals surface area contributed by atoms with E-state index < -0.39 is 11.8 Å². The van der Waals surface area contributed by atoms with Gasteiger partial charge in [0, 0.05) is 0 Å². The predicted molar refractivity (Wildman–Crippen MR) is 125 cm³/mol. The molecule has 1 heterocycles. The van der Waals surface area contributed by atoms with E-state index in [0.717, 1.165) is 25.7 Å². The van der Waals surface area contributed by atoms with Crippen molar-refractivity contribution < 1.29 is 33.5 Å². The number of hydroxylamine groups is 2. The number of hydrogen-bond acceptors (Lipinski definition) is 7. The molecule has 3 N–H and O–H groups in total. The maximum atomic E-state index is 12.5. The number of ether oxygens (including phenoxy) is 2. The summed E-state index contributed by atoms with van der Waals surface area (Å²) < 4.78 is 16.3. The van der Waals surface area contributed by atoms with Crippen LogP contribution in [0.3, 0.4) is 0 Å². The molecule has 0 saturated carbocycles. The Bertz CT molecular complexity index is 944. The van der Waals surface area contributed by atoms with Crippen LogP contribution < -0.4 is 20.1 Å². The highest BCUT2D eigenvalue weighted by atomic mass is 16.5. The first-order chi connectivity index (χ1) is 16.4. The van der Waals surface area contributed by atoms with Crippen molar-refractivity contribution in [2.45, 2.75) is 39.0 Å². The van der Waals surface area contributed by atoms with Crippen LogP contribution in [-0.4, -0.2) is 55.9 Å². The van der Waals surface area contributed by atoms with E-state index in [4.69, 9.17) is 13.9 Å². The molecule has 0 unspecified atom stereocenters. The average Bonchev–Trinajstić information content (AvgIpc) is 3.35. The molecule has 3 amide bonds. The van der Waals surface area contributed by atoms with E-state index in [1.54, 1.807) is 31.4 Å². The third-order valence-electron chi connectivity index (χ3n) is 5.32. The second-order valence-electron chi connectivity index (χ2n) is 7.73. The predicted octanol–water partition coefficient (Wildman–Crippen LogP) is 3.20. The first-order valence-electron chi connectivity index (χ1n) is 11.2. The number of nitrogens with zero attached hydrogens (tertiary/aromatic N) is 1. The van der Waals surface area contributed by atoms with E-state index in [9.17, 15) is 19.6 Å². The monoisotopic (exact) mass is 475 g/mol. The van der Waals surface area contributed by atoms with Gasteiger partial charge in [-0.1, -0.05) is 32.6 Å². The number of rotatable bonds is 15. The fourth-order valence-corrected chi connectivity index (χ4v) is 3.45. The van der Waals surface area contributed by atoms with Gasteiger partial charge in [0.05, 0.1) is 38.9 Å². The summed E-state index contributed by atoms with van der Waals surface area (Å²) in [5, 5.41) is 15.2. The molecule has 1 atom stereocenters. The standard InChI is InChI=1S/C24H33N3O7/c1-4-5-6-7-8-17(14-27(31)16-28)23(29)25-15-26-24(30)22-12-11-21(34-22)19-13-18(32-2)9-10-20(19)33-3/h9-13,16-17,31H,4-8,14-15H2,1-3H3,(H,25,29)(H,26,30)/t17-/m1/s1. The van der Waals surface area contributed by atoms with Crippen LogP contribution in [0.25, 0.3) is 11.3 Å². The smallest absolute Gasteiger partial charge is 0.288 e. The zero-order valence-electron chi connectivity index (χ0n) is 19.8. The van der Waals surface area contributed by atoms with Gasteiger partial charge in [-0.15, -0.1) is 0 Å². The van der Waals surface area contributed by atoms with Gasteiger partial charge in [0.15, 0.2) is 5.76 Å². The van der Waals surface area contributed by atoms with Crippen molar-refractivity contribution in [1.29, 1.82) is 0 Å². The fraction of sp³-hybridized carbons (Fsp3) is 0.458. The molecular weight excluding hydrogens is 442 g/mol. The third-order valence-corrected chi connectivity index (χ3v) is 5.32. The van der Waals surface area contributed by atoms with E-state index in [2.05, 4.69) is 17.6 Å². The van der Waals surface area contributed by atoms with Crippen LogP contribution in [0.1, 0.15) is 49.6 Å². The quantitative estimate of drug-likeness (QED) is 0.119. The first kappa shape index (κ1) is 26.7. The van der Waals surface area contributed by atoms with Crippen molar-refractivity contribution in [2.24, 2.45) is 5.92 Å². The summed E-state index contributed by atoms with van der Waals surface area (Å²) in [5.74, 6) is 0.207. The lowest BCUT2D eigenvalue weighted by Crippen LogP contribution is -2.42. The van der Waals surface area contributed by atoms with Gasteiger partial charge in [-0.3, -0.25) is 19.6 Å². The van der Waals surface area contributed by atoms with Crippen molar-refractivity contribution in [3.8, 4) is 22.8 Å². The molecule has 2 aromatic rings. The highest BCUT2D eigenvalue weighted by molar-refractivity contribution is 5.92. The molecule has 1 aromatic carbocycles. The van der Waals surface area contributed by atoms with Crippen molar-refractivity contribution in [1.82, 2.24) is 15.7 Å². The fourth-order valence-electron chi connectivity index (χ4n) is 3.45. The highest BCUT2D eigenvalue weighted by Gasteiger charge is 2.21. The van der Waals surface area contributed by atoms with Crippen molar-refractivity contribution in [3.05, 3.63) is 36.1 Å². The molecule has 0 aliphatic rings. The Hall–Kier alpha value is -3.53. The molecular formula is C24H33N3O7. The van der Waals surface area contributed by atoms with Gasteiger partial charge in [-0.25, -0.2) is 5.06 Å². The van der Waals surface area contributed by atoms with Crippen LogP contribution in [0, 0.1) is 5.92 Å². The van der Waals surface area contributed by atoms with Gasteiger partial charge < -0.3 is 24.5 Å². The summed E-state index contributed by atoms with van der Waals surface area (Å²) in [4.78, 5) is 35.8. The minimum atomic E-state index is -0.584. The van der Waals surface area contributed by atoms with Crippen molar-refractivity contribution >= 4 is 18.2 Å².